The van der Waals surface area contributed by atoms with Crippen molar-refractivity contribution in [1.82, 2.24) is 14.7 Å². The van der Waals surface area contributed by atoms with Gasteiger partial charge in [-0.15, -0.1) is 0 Å². The Labute approximate surface area is 124 Å². The molecule has 8 heteroatoms. The summed E-state index contributed by atoms with van der Waals surface area (Å²) in [4.78, 5) is 13.0. The second-order valence-corrected chi connectivity index (χ2v) is 5.75. The van der Waals surface area contributed by atoms with Crippen LogP contribution in [0.5, 0.6) is 0 Å². The number of nitrogens with one attached hydrogen (secondary N) is 1. The van der Waals surface area contributed by atoms with Gasteiger partial charge in [0.2, 0.25) is 5.82 Å². The van der Waals surface area contributed by atoms with Crippen LogP contribution in [0.25, 0.3) is 0 Å². The highest BCUT2D eigenvalue weighted by Crippen LogP contribution is 2.30. The SMILES string of the molecule is Cc1nn(C)c(NCC2(N(C)C)CCOCC2)c1[N+](=O)[O-]. The molecule has 0 unspecified atom stereocenters. The second-order valence-electron chi connectivity index (χ2n) is 5.75. The Morgan fingerprint density at radius 1 is 1.48 bits per heavy atom. The van der Waals surface area contributed by atoms with Crippen molar-refractivity contribution in [1.29, 1.82) is 0 Å². The summed E-state index contributed by atoms with van der Waals surface area (Å²) in [6.45, 7) is 3.71. The predicted molar refractivity (Wildman–Crippen MR) is 79.6 cm³/mol. The summed E-state index contributed by atoms with van der Waals surface area (Å²) in [5, 5.41) is 18.6. The third kappa shape index (κ3) is 3.01. The lowest BCUT2D eigenvalue weighted by molar-refractivity contribution is -0.384. The Kier molecular flexibility index (Phi) is 4.48. The molecule has 0 spiro atoms. The summed E-state index contributed by atoms with van der Waals surface area (Å²) in [6.07, 6.45) is 1.80. The molecule has 1 saturated heterocycles. The molecule has 0 bridgehead atoms. The first-order chi connectivity index (χ1) is 9.87. The number of likely N-dealkylation sites (N-methyl/N-ethyl adjacent to an activating group) is 1. The van der Waals surface area contributed by atoms with Crippen LogP contribution in [0.15, 0.2) is 0 Å². The van der Waals surface area contributed by atoms with Crippen LogP contribution in [0.1, 0.15) is 18.5 Å². The van der Waals surface area contributed by atoms with E-state index in [0.717, 1.165) is 12.8 Å². The molecule has 21 heavy (non-hydrogen) atoms. The highest BCUT2D eigenvalue weighted by Gasteiger charge is 2.36. The fourth-order valence-electron chi connectivity index (χ4n) is 2.85. The van der Waals surface area contributed by atoms with E-state index in [9.17, 15) is 10.1 Å². The number of ether oxygens (including phenoxy) is 1. The number of rotatable bonds is 5. The van der Waals surface area contributed by atoms with Crippen LogP contribution in [0.2, 0.25) is 0 Å². The molecule has 0 saturated carbocycles. The molecule has 8 nitrogen and oxygen atoms in total. The van der Waals surface area contributed by atoms with E-state index in [1.165, 1.54) is 4.68 Å². The number of nitrogens with zero attached hydrogens (tertiary/aromatic N) is 4. The molecule has 0 atom stereocenters. The quantitative estimate of drug-likeness (QED) is 0.648. The number of nitro groups is 1. The molecule has 0 amide bonds. The van der Waals surface area contributed by atoms with Gasteiger partial charge in [-0.3, -0.25) is 10.1 Å². The molecule has 118 valence electrons. The zero-order valence-corrected chi connectivity index (χ0v) is 13.0. The van der Waals surface area contributed by atoms with Gasteiger partial charge in [-0.05, 0) is 33.9 Å². The maximum absolute atomic E-state index is 11.2. The minimum Gasteiger partial charge on any atom is -0.381 e. The van der Waals surface area contributed by atoms with Gasteiger partial charge in [0.1, 0.15) is 5.69 Å². The topological polar surface area (TPSA) is 85.5 Å². The van der Waals surface area contributed by atoms with Gasteiger partial charge in [-0.2, -0.15) is 5.10 Å². The van der Waals surface area contributed by atoms with Crippen molar-refractivity contribution < 1.29 is 9.66 Å². The largest absolute Gasteiger partial charge is 0.381 e. The van der Waals surface area contributed by atoms with Gasteiger partial charge in [0, 0.05) is 32.3 Å². The number of hydrogen-bond acceptors (Lipinski definition) is 6. The molecule has 0 radical (unpaired) electrons. The molecule has 1 N–H and O–H groups in total. The third-order valence-electron chi connectivity index (χ3n) is 4.33. The Morgan fingerprint density at radius 3 is 2.62 bits per heavy atom. The van der Waals surface area contributed by atoms with Crippen molar-refractivity contribution in [2.45, 2.75) is 25.3 Å². The first-order valence-corrected chi connectivity index (χ1v) is 7.04. The van der Waals surface area contributed by atoms with Crippen molar-refractivity contribution in [3.8, 4) is 0 Å². The van der Waals surface area contributed by atoms with Gasteiger partial charge in [0.25, 0.3) is 0 Å². The summed E-state index contributed by atoms with van der Waals surface area (Å²) in [5.41, 5.74) is 0.430. The number of hydrogen-bond donors (Lipinski definition) is 1. The standard InChI is InChI=1S/C13H23N5O3/c1-10-11(18(19)20)12(17(4)15-10)14-9-13(16(2)3)5-7-21-8-6-13/h14H,5-9H2,1-4H3. The van der Waals surface area contributed by atoms with Crippen molar-refractivity contribution in [3.05, 3.63) is 15.8 Å². The van der Waals surface area contributed by atoms with Crippen LogP contribution in [0, 0.1) is 17.0 Å². The van der Waals surface area contributed by atoms with Gasteiger partial charge in [0.05, 0.1) is 4.92 Å². The number of aromatic nitrogens is 2. The molecule has 1 aromatic heterocycles. The van der Waals surface area contributed by atoms with Gasteiger partial charge in [-0.1, -0.05) is 0 Å². The van der Waals surface area contributed by atoms with Crippen molar-refractivity contribution in [3.63, 3.8) is 0 Å². The van der Waals surface area contributed by atoms with Gasteiger partial charge >= 0.3 is 5.69 Å². The Morgan fingerprint density at radius 2 is 2.10 bits per heavy atom. The van der Waals surface area contributed by atoms with Crippen molar-refractivity contribution >= 4 is 11.5 Å². The molecule has 2 rings (SSSR count). The van der Waals surface area contributed by atoms with Gasteiger partial charge in [-0.25, -0.2) is 4.68 Å². The maximum Gasteiger partial charge on any atom is 0.333 e. The van der Waals surface area contributed by atoms with Crippen LogP contribution in [0.4, 0.5) is 11.5 Å². The van der Waals surface area contributed by atoms with Crippen LogP contribution >= 0.6 is 0 Å². The summed E-state index contributed by atoms with van der Waals surface area (Å²) in [6, 6.07) is 0. The highest BCUT2D eigenvalue weighted by atomic mass is 16.6. The molecule has 0 aliphatic carbocycles. The first kappa shape index (κ1) is 15.7. The Hall–Kier alpha value is -1.67. The second kappa shape index (κ2) is 5.98. The Bertz CT molecular complexity index is 520. The average molecular weight is 297 g/mol. The Balaban J connectivity index is 2.20. The van der Waals surface area contributed by atoms with Crippen LogP contribution in [0.3, 0.4) is 0 Å². The lowest BCUT2D eigenvalue weighted by Gasteiger charge is -2.43. The molecule has 1 aliphatic rings. The van der Waals surface area contributed by atoms with E-state index >= 15 is 0 Å². The fraction of sp³-hybridized carbons (Fsp3) is 0.769. The van der Waals surface area contributed by atoms with E-state index in [1.807, 2.05) is 14.1 Å². The van der Waals surface area contributed by atoms with Crippen LogP contribution in [-0.4, -0.2) is 59.0 Å². The third-order valence-corrected chi connectivity index (χ3v) is 4.33. The van der Waals surface area contributed by atoms with Crippen LogP contribution in [-0.2, 0) is 11.8 Å². The highest BCUT2D eigenvalue weighted by molar-refractivity contribution is 5.59. The van der Waals surface area contributed by atoms with E-state index < -0.39 is 0 Å². The molecular formula is C13H23N5O3. The number of anilines is 1. The minimum atomic E-state index is -0.378. The van der Waals surface area contributed by atoms with Crippen molar-refractivity contribution in [2.75, 3.05) is 39.2 Å². The first-order valence-electron chi connectivity index (χ1n) is 7.04. The lowest BCUT2D eigenvalue weighted by Crippen LogP contribution is -2.53. The normalized spacial score (nSPS) is 18.0. The number of aryl methyl sites for hydroxylation is 2. The van der Waals surface area contributed by atoms with E-state index in [2.05, 4.69) is 15.3 Å². The molecule has 1 aliphatic heterocycles. The minimum absolute atomic E-state index is 0.0513. The van der Waals surface area contributed by atoms with E-state index in [-0.39, 0.29) is 16.1 Å². The van der Waals surface area contributed by atoms with E-state index in [0.29, 0.717) is 31.3 Å². The average Bonchev–Trinajstić information content (AvgIpc) is 2.71. The molecule has 2 heterocycles. The summed E-state index contributed by atoms with van der Waals surface area (Å²) < 4.78 is 6.97. The predicted octanol–water partition coefficient (Wildman–Crippen LogP) is 1.16. The molecule has 0 aromatic carbocycles. The summed E-state index contributed by atoms with van der Waals surface area (Å²) in [7, 11) is 5.79. The van der Waals surface area contributed by atoms with Gasteiger partial charge in [0.15, 0.2) is 0 Å². The van der Waals surface area contributed by atoms with Crippen molar-refractivity contribution in [2.24, 2.45) is 7.05 Å². The fourth-order valence-corrected chi connectivity index (χ4v) is 2.85. The van der Waals surface area contributed by atoms with E-state index in [4.69, 9.17) is 4.74 Å². The van der Waals surface area contributed by atoms with Crippen LogP contribution < -0.4 is 5.32 Å². The zero-order chi connectivity index (χ0) is 15.6. The molecule has 1 aromatic rings. The summed E-state index contributed by atoms with van der Waals surface area (Å²) >= 11 is 0. The molecule has 1 fully saturated rings. The van der Waals surface area contributed by atoms with E-state index in [1.54, 1.807) is 14.0 Å². The monoisotopic (exact) mass is 297 g/mol. The smallest absolute Gasteiger partial charge is 0.333 e. The lowest BCUT2D eigenvalue weighted by atomic mass is 9.88. The molecular weight excluding hydrogens is 274 g/mol. The van der Waals surface area contributed by atoms with Gasteiger partial charge < -0.3 is 15.0 Å². The zero-order valence-electron chi connectivity index (χ0n) is 13.0. The maximum atomic E-state index is 11.2. The summed E-state index contributed by atoms with van der Waals surface area (Å²) in [5.74, 6) is 0.463.